The normalized spacial score (nSPS) is 12.2. The minimum Gasteiger partial charge on any atom is -0.466 e. The Labute approximate surface area is 296 Å². The molecular formula is C42H56N4O4. The molecule has 0 unspecified atom stereocenters. The Morgan fingerprint density at radius 2 is 0.900 bits per heavy atom. The summed E-state index contributed by atoms with van der Waals surface area (Å²) < 4.78 is 10.4. The Morgan fingerprint density at radius 3 is 1.44 bits per heavy atom. The van der Waals surface area contributed by atoms with Crippen molar-refractivity contribution in [1.29, 1.82) is 0 Å². The van der Waals surface area contributed by atoms with Gasteiger partial charge >= 0.3 is 11.9 Å². The van der Waals surface area contributed by atoms with E-state index in [1.807, 2.05) is 13.8 Å². The Balaban J connectivity index is 1.70. The zero-order chi connectivity index (χ0) is 35.9. The maximum atomic E-state index is 12.1. The van der Waals surface area contributed by atoms with Crippen molar-refractivity contribution in [2.45, 2.75) is 120 Å². The van der Waals surface area contributed by atoms with Crippen LogP contribution in [0.5, 0.6) is 0 Å². The fourth-order valence-corrected chi connectivity index (χ4v) is 7.53. The van der Waals surface area contributed by atoms with E-state index in [2.05, 4.69) is 85.8 Å². The van der Waals surface area contributed by atoms with Gasteiger partial charge in [0.2, 0.25) is 0 Å². The van der Waals surface area contributed by atoms with Gasteiger partial charge in [-0.3, -0.25) is 9.59 Å². The smallest absolute Gasteiger partial charge is 0.305 e. The number of ether oxygens (including phenoxy) is 2. The van der Waals surface area contributed by atoms with Gasteiger partial charge in [-0.2, -0.15) is 0 Å². The number of carbonyl (C=O) groups excluding carboxylic acids is 2. The number of rotatable bonds is 14. The number of carbonyl (C=O) groups is 2. The number of fused-ring (bicyclic) bond motifs is 8. The summed E-state index contributed by atoms with van der Waals surface area (Å²) in [5.41, 5.74) is 14.6. The first-order chi connectivity index (χ1) is 24.1. The summed E-state index contributed by atoms with van der Waals surface area (Å²) in [6.45, 7) is 17.8. The van der Waals surface area contributed by atoms with Crippen molar-refractivity contribution in [2.75, 3.05) is 13.2 Å². The molecule has 8 bridgehead atoms. The third-order valence-corrected chi connectivity index (χ3v) is 10.4. The number of H-pyrrole nitrogens is 4. The highest BCUT2D eigenvalue weighted by Gasteiger charge is 2.17. The van der Waals surface area contributed by atoms with Crippen molar-refractivity contribution in [2.24, 2.45) is 0 Å². The molecule has 50 heavy (non-hydrogen) atoms. The third kappa shape index (κ3) is 7.95. The quantitative estimate of drug-likeness (QED) is 0.0911. The maximum Gasteiger partial charge on any atom is 0.305 e. The van der Waals surface area contributed by atoms with E-state index in [4.69, 9.17) is 9.47 Å². The van der Waals surface area contributed by atoms with E-state index in [-0.39, 0.29) is 11.9 Å². The standard InChI is InChI=1S/C42H56N4O4/c1-9-29-25(5)33-21-34-27(7)31(17-13-15-19-41(47)49-11-3)39(45-34)24-40-32(18-14-16-20-42(48)50-12-4)28(8)36(46-40)23-38-30(10-2)26(6)35(44-38)22-37(29)43-33/h21-24,43-46H,9-20H2,1-8H3. The number of aromatic nitrogens is 4. The summed E-state index contributed by atoms with van der Waals surface area (Å²) in [5.74, 6) is -0.265. The lowest BCUT2D eigenvalue weighted by atomic mass is 10.0. The lowest BCUT2D eigenvalue weighted by molar-refractivity contribution is -0.144. The number of unbranched alkanes of at least 4 members (excludes halogenated alkanes) is 2. The molecule has 268 valence electrons. The predicted molar refractivity (Wildman–Crippen MR) is 202 cm³/mol. The van der Waals surface area contributed by atoms with Gasteiger partial charge < -0.3 is 29.4 Å². The lowest BCUT2D eigenvalue weighted by Gasteiger charge is -2.05. The van der Waals surface area contributed by atoms with Gasteiger partial charge in [-0.05, 0) is 162 Å². The van der Waals surface area contributed by atoms with E-state index in [1.54, 1.807) is 0 Å². The summed E-state index contributed by atoms with van der Waals surface area (Å²) in [4.78, 5) is 39.3. The van der Waals surface area contributed by atoms with E-state index in [1.165, 1.54) is 44.5 Å². The van der Waals surface area contributed by atoms with Crippen molar-refractivity contribution >= 4 is 36.2 Å². The summed E-state index contributed by atoms with van der Waals surface area (Å²) in [6.07, 6.45) is 16.8. The molecule has 8 heteroatoms. The first-order valence-corrected chi connectivity index (χ1v) is 18.7. The average Bonchev–Trinajstić information content (AvgIpc) is 3.74. The second-order valence-electron chi connectivity index (χ2n) is 13.5. The summed E-state index contributed by atoms with van der Waals surface area (Å²) in [7, 11) is 0. The number of hydrogen-bond acceptors (Lipinski definition) is 4. The number of aromatic amines is 4. The van der Waals surface area contributed by atoms with E-state index in [0.717, 1.165) is 95.5 Å². The van der Waals surface area contributed by atoms with Crippen molar-refractivity contribution in [3.05, 3.63) is 88.7 Å². The largest absolute Gasteiger partial charge is 0.466 e. The Morgan fingerprint density at radius 1 is 0.480 bits per heavy atom. The molecule has 4 aromatic rings. The summed E-state index contributed by atoms with van der Waals surface area (Å²) in [6, 6.07) is 0. The average molecular weight is 681 g/mol. The molecule has 0 fully saturated rings. The van der Waals surface area contributed by atoms with Crippen molar-refractivity contribution in [1.82, 2.24) is 19.9 Å². The first-order valence-electron chi connectivity index (χ1n) is 18.7. The lowest BCUT2D eigenvalue weighted by Crippen LogP contribution is -2.13. The van der Waals surface area contributed by atoms with Gasteiger partial charge in [-0.25, -0.2) is 0 Å². The van der Waals surface area contributed by atoms with E-state index < -0.39 is 0 Å². The molecule has 5 rings (SSSR count). The first kappa shape index (κ1) is 36.8. The van der Waals surface area contributed by atoms with Crippen LogP contribution in [0.2, 0.25) is 0 Å². The van der Waals surface area contributed by atoms with Crippen LogP contribution in [0.15, 0.2) is 0 Å². The highest BCUT2D eigenvalue weighted by Crippen LogP contribution is 2.24. The molecule has 0 atom stereocenters. The fourth-order valence-electron chi connectivity index (χ4n) is 7.53. The van der Waals surface area contributed by atoms with Crippen LogP contribution in [-0.2, 0) is 44.7 Å². The zero-order valence-electron chi connectivity index (χ0n) is 31.4. The van der Waals surface area contributed by atoms with Crippen LogP contribution in [0.25, 0.3) is 24.3 Å². The second-order valence-corrected chi connectivity index (χ2v) is 13.5. The van der Waals surface area contributed by atoms with Crippen LogP contribution >= 0.6 is 0 Å². The SMILES string of the molecule is CCOC(=O)CCCCc1c2[nH]c(c1C)C=c1[nH]c(c(C)c1CC)=Cc1[nH]c(c(C)c1CC)C=c1[nH]c(c(CCCCC(=O)OCC)c1C)=C2. The summed E-state index contributed by atoms with van der Waals surface area (Å²) >= 11 is 0. The fraction of sp³-hybridized carbons (Fsp3) is 0.476. The molecule has 0 amide bonds. The maximum absolute atomic E-state index is 12.1. The van der Waals surface area contributed by atoms with Crippen molar-refractivity contribution in [3.63, 3.8) is 0 Å². The number of hydrogen-bond donors (Lipinski definition) is 4. The van der Waals surface area contributed by atoms with Crippen LogP contribution in [0.3, 0.4) is 0 Å². The van der Waals surface area contributed by atoms with Crippen LogP contribution in [-0.4, -0.2) is 45.1 Å². The third-order valence-electron chi connectivity index (χ3n) is 10.4. The van der Waals surface area contributed by atoms with E-state index >= 15 is 0 Å². The molecule has 0 spiro atoms. The van der Waals surface area contributed by atoms with E-state index in [9.17, 15) is 9.59 Å². The Bertz CT molecular complexity index is 2100. The molecule has 0 aromatic carbocycles. The summed E-state index contributed by atoms with van der Waals surface area (Å²) in [5, 5.41) is 4.42. The molecule has 8 nitrogen and oxygen atoms in total. The topological polar surface area (TPSA) is 116 Å². The molecule has 5 heterocycles. The highest BCUT2D eigenvalue weighted by molar-refractivity contribution is 5.70. The monoisotopic (exact) mass is 680 g/mol. The second kappa shape index (κ2) is 16.5. The minimum atomic E-state index is -0.133. The number of esters is 2. The number of nitrogens with one attached hydrogen (secondary N) is 4. The zero-order valence-corrected chi connectivity index (χ0v) is 31.4. The van der Waals surface area contributed by atoms with Gasteiger partial charge in [-0.1, -0.05) is 13.8 Å². The predicted octanol–water partition coefficient (Wildman–Crippen LogP) is 5.54. The highest BCUT2D eigenvalue weighted by atomic mass is 16.5. The Kier molecular flexibility index (Phi) is 12.1. The molecule has 0 radical (unpaired) electrons. The van der Waals surface area contributed by atoms with E-state index in [0.29, 0.717) is 26.1 Å². The molecule has 1 aliphatic rings. The van der Waals surface area contributed by atoms with Gasteiger partial charge in [0.1, 0.15) is 0 Å². The minimum absolute atomic E-state index is 0.133. The van der Waals surface area contributed by atoms with Gasteiger partial charge in [-0.15, -0.1) is 0 Å². The van der Waals surface area contributed by atoms with Gasteiger partial charge in [0.15, 0.2) is 0 Å². The van der Waals surface area contributed by atoms with Gasteiger partial charge in [0.05, 0.1) is 13.2 Å². The molecular weight excluding hydrogens is 624 g/mol. The van der Waals surface area contributed by atoms with Crippen LogP contribution in [0.1, 0.15) is 134 Å². The van der Waals surface area contributed by atoms with Crippen LogP contribution in [0.4, 0.5) is 0 Å². The Hall–Kier alpha value is -4.46. The molecule has 0 saturated heterocycles. The molecule has 1 aliphatic heterocycles. The van der Waals surface area contributed by atoms with Crippen LogP contribution in [0, 0.1) is 27.7 Å². The molecule has 0 aliphatic carbocycles. The van der Waals surface area contributed by atoms with Crippen molar-refractivity contribution in [3.8, 4) is 0 Å². The molecule has 4 aromatic heterocycles. The van der Waals surface area contributed by atoms with Gasteiger partial charge in [0.25, 0.3) is 0 Å². The van der Waals surface area contributed by atoms with Crippen LogP contribution < -0.4 is 21.4 Å². The van der Waals surface area contributed by atoms with Crippen molar-refractivity contribution < 1.29 is 19.1 Å². The molecule has 4 N–H and O–H groups in total. The molecule has 0 saturated carbocycles. The van der Waals surface area contributed by atoms with Gasteiger partial charge in [0, 0.05) is 57.0 Å².